The summed E-state index contributed by atoms with van der Waals surface area (Å²) in [5.74, 6) is 0.766. The van der Waals surface area contributed by atoms with E-state index in [-0.39, 0.29) is 12.3 Å². The van der Waals surface area contributed by atoms with Crippen LogP contribution < -0.4 is 5.32 Å². The summed E-state index contributed by atoms with van der Waals surface area (Å²) < 4.78 is 23.3. The second kappa shape index (κ2) is 5.35. The van der Waals surface area contributed by atoms with E-state index in [2.05, 4.69) is 5.32 Å². The van der Waals surface area contributed by atoms with Crippen molar-refractivity contribution in [3.8, 4) is 0 Å². The SMILES string of the molecule is Cc1ccc(COC(=O)Nc2ccccc2F)o1. The van der Waals surface area contributed by atoms with Crippen molar-refractivity contribution in [2.24, 2.45) is 0 Å². The van der Waals surface area contributed by atoms with Gasteiger partial charge in [-0.15, -0.1) is 0 Å². The van der Waals surface area contributed by atoms with Crippen LogP contribution in [0.4, 0.5) is 14.9 Å². The summed E-state index contributed by atoms with van der Waals surface area (Å²) in [7, 11) is 0. The maximum absolute atomic E-state index is 13.2. The first-order valence-corrected chi connectivity index (χ1v) is 5.39. The van der Waals surface area contributed by atoms with E-state index < -0.39 is 11.9 Å². The van der Waals surface area contributed by atoms with Crippen LogP contribution in [0, 0.1) is 12.7 Å². The molecule has 0 spiro atoms. The lowest BCUT2D eigenvalue weighted by molar-refractivity contribution is 0.145. The largest absolute Gasteiger partial charge is 0.463 e. The van der Waals surface area contributed by atoms with Gasteiger partial charge in [-0.1, -0.05) is 12.1 Å². The van der Waals surface area contributed by atoms with Crippen molar-refractivity contribution in [2.75, 3.05) is 5.32 Å². The van der Waals surface area contributed by atoms with E-state index in [0.717, 1.165) is 5.76 Å². The van der Waals surface area contributed by atoms with Gasteiger partial charge >= 0.3 is 6.09 Å². The van der Waals surface area contributed by atoms with E-state index >= 15 is 0 Å². The maximum atomic E-state index is 13.2. The van der Waals surface area contributed by atoms with Crippen molar-refractivity contribution in [3.05, 3.63) is 53.7 Å². The maximum Gasteiger partial charge on any atom is 0.412 e. The van der Waals surface area contributed by atoms with Gasteiger partial charge < -0.3 is 9.15 Å². The van der Waals surface area contributed by atoms with E-state index in [4.69, 9.17) is 9.15 Å². The Morgan fingerprint density at radius 3 is 2.78 bits per heavy atom. The number of benzene rings is 1. The van der Waals surface area contributed by atoms with Crippen molar-refractivity contribution < 1.29 is 18.3 Å². The molecule has 1 amide bonds. The van der Waals surface area contributed by atoms with Crippen LogP contribution in [-0.4, -0.2) is 6.09 Å². The molecule has 5 heteroatoms. The van der Waals surface area contributed by atoms with Gasteiger partial charge in [-0.2, -0.15) is 0 Å². The number of carbonyl (C=O) groups is 1. The normalized spacial score (nSPS) is 10.1. The van der Waals surface area contributed by atoms with Crippen LogP contribution in [0.25, 0.3) is 0 Å². The third-order valence-corrected chi connectivity index (χ3v) is 2.25. The summed E-state index contributed by atoms with van der Waals surface area (Å²) in [5.41, 5.74) is 0.0816. The molecule has 2 rings (SSSR count). The van der Waals surface area contributed by atoms with Crippen LogP contribution in [0.3, 0.4) is 0 Å². The molecule has 0 unspecified atom stereocenters. The average molecular weight is 249 g/mol. The van der Waals surface area contributed by atoms with E-state index in [1.807, 2.05) is 0 Å². The lowest BCUT2D eigenvalue weighted by atomic mass is 10.3. The average Bonchev–Trinajstić information content (AvgIpc) is 2.76. The van der Waals surface area contributed by atoms with Crippen LogP contribution in [0.1, 0.15) is 11.5 Å². The van der Waals surface area contributed by atoms with Crippen LogP contribution in [0.15, 0.2) is 40.8 Å². The number of halogens is 1. The summed E-state index contributed by atoms with van der Waals surface area (Å²) >= 11 is 0. The van der Waals surface area contributed by atoms with Gasteiger partial charge in [-0.25, -0.2) is 9.18 Å². The molecular formula is C13H12FNO3. The predicted octanol–water partition coefficient (Wildman–Crippen LogP) is 3.48. The molecule has 0 saturated carbocycles. The Bertz CT molecular complexity index is 551. The van der Waals surface area contributed by atoms with Crippen LogP contribution >= 0.6 is 0 Å². The second-order valence-corrected chi connectivity index (χ2v) is 3.69. The number of furan rings is 1. The molecule has 0 aliphatic heterocycles. The monoisotopic (exact) mass is 249 g/mol. The van der Waals surface area contributed by atoms with Gasteiger partial charge in [0.1, 0.15) is 17.3 Å². The third kappa shape index (κ3) is 3.10. The first-order chi connectivity index (χ1) is 8.65. The molecule has 4 nitrogen and oxygen atoms in total. The number of para-hydroxylation sites is 1. The molecule has 0 radical (unpaired) electrons. The van der Waals surface area contributed by atoms with Gasteiger partial charge in [-0.3, -0.25) is 5.32 Å². The van der Waals surface area contributed by atoms with Gasteiger partial charge in [0, 0.05) is 0 Å². The number of amides is 1. The number of anilines is 1. The molecule has 1 aromatic heterocycles. The van der Waals surface area contributed by atoms with E-state index in [1.54, 1.807) is 25.1 Å². The Kier molecular flexibility index (Phi) is 3.62. The van der Waals surface area contributed by atoms with Crippen molar-refractivity contribution in [1.82, 2.24) is 0 Å². The fourth-order valence-electron chi connectivity index (χ4n) is 1.41. The number of aryl methyl sites for hydroxylation is 1. The summed E-state index contributed by atoms with van der Waals surface area (Å²) in [6.07, 6.45) is -0.728. The highest BCUT2D eigenvalue weighted by molar-refractivity contribution is 5.84. The van der Waals surface area contributed by atoms with Crippen molar-refractivity contribution in [2.45, 2.75) is 13.5 Å². The Balaban J connectivity index is 1.88. The zero-order chi connectivity index (χ0) is 13.0. The van der Waals surface area contributed by atoms with Gasteiger partial charge in [0.25, 0.3) is 0 Å². The molecule has 1 aromatic carbocycles. The number of ether oxygens (including phenoxy) is 1. The minimum absolute atomic E-state index is 0.00806. The molecule has 0 saturated heterocycles. The smallest absolute Gasteiger partial charge is 0.412 e. The number of rotatable bonds is 3. The molecule has 0 aliphatic carbocycles. The van der Waals surface area contributed by atoms with E-state index in [0.29, 0.717) is 5.76 Å². The van der Waals surface area contributed by atoms with Crippen molar-refractivity contribution in [3.63, 3.8) is 0 Å². The summed E-state index contributed by atoms with van der Waals surface area (Å²) in [4.78, 5) is 11.4. The summed E-state index contributed by atoms with van der Waals surface area (Å²) in [6, 6.07) is 9.35. The highest BCUT2D eigenvalue weighted by Gasteiger charge is 2.08. The standard InChI is InChI=1S/C13H12FNO3/c1-9-6-7-10(18-9)8-17-13(16)15-12-5-3-2-4-11(12)14/h2-7H,8H2,1H3,(H,15,16). The zero-order valence-electron chi connectivity index (χ0n) is 9.77. The minimum atomic E-state index is -0.728. The molecule has 2 aromatic rings. The van der Waals surface area contributed by atoms with Crippen LogP contribution in [0.5, 0.6) is 0 Å². The highest BCUT2D eigenvalue weighted by atomic mass is 19.1. The molecule has 0 atom stereocenters. The number of hydrogen-bond acceptors (Lipinski definition) is 3. The van der Waals surface area contributed by atoms with Crippen molar-refractivity contribution >= 4 is 11.8 Å². The summed E-state index contributed by atoms with van der Waals surface area (Å²) in [5, 5.41) is 2.31. The Hall–Kier alpha value is -2.30. The fourth-order valence-corrected chi connectivity index (χ4v) is 1.41. The lowest BCUT2D eigenvalue weighted by Crippen LogP contribution is -2.14. The molecule has 18 heavy (non-hydrogen) atoms. The fraction of sp³-hybridized carbons (Fsp3) is 0.154. The van der Waals surface area contributed by atoms with Crippen molar-refractivity contribution in [1.29, 1.82) is 0 Å². The Morgan fingerprint density at radius 1 is 1.33 bits per heavy atom. The molecule has 0 bridgehead atoms. The third-order valence-electron chi connectivity index (χ3n) is 2.25. The van der Waals surface area contributed by atoms with E-state index in [1.165, 1.54) is 18.2 Å². The van der Waals surface area contributed by atoms with Crippen LogP contribution in [-0.2, 0) is 11.3 Å². The number of nitrogens with one attached hydrogen (secondary N) is 1. The zero-order valence-corrected chi connectivity index (χ0v) is 9.77. The first kappa shape index (κ1) is 12.2. The molecular weight excluding hydrogens is 237 g/mol. The van der Waals surface area contributed by atoms with E-state index in [9.17, 15) is 9.18 Å². The van der Waals surface area contributed by atoms with Crippen LogP contribution in [0.2, 0.25) is 0 Å². The number of hydrogen-bond donors (Lipinski definition) is 1. The first-order valence-electron chi connectivity index (χ1n) is 5.39. The molecule has 94 valence electrons. The molecule has 0 aliphatic rings. The topological polar surface area (TPSA) is 51.5 Å². The van der Waals surface area contributed by atoms with Gasteiger partial charge in [0.05, 0.1) is 5.69 Å². The number of carbonyl (C=O) groups excluding carboxylic acids is 1. The molecule has 0 fully saturated rings. The predicted molar refractivity (Wildman–Crippen MR) is 63.7 cm³/mol. The summed E-state index contributed by atoms with van der Waals surface area (Å²) in [6.45, 7) is 1.80. The lowest BCUT2D eigenvalue weighted by Gasteiger charge is -2.06. The Morgan fingerprint density at radius 2 is 2.11 bits per heavy atom. The molecule has 1 N–H and O–H groups in total. The molecule has 1 heterocycles. The highest BCUT2D eigenvalue weighted by Crippen LogP contribution is 2.13. The van der Waals surface area contributed by atoms with Gasteiger partial charge in [-0.05, 0) is 31.2 Å². The minimum Gasteiger partial charge on any atom is -0.463 e. The second-order valence-electron chi connectivity index (χ2n) is 3.69. The Labute approximate surface area is 103 Å². The van der Waals surface area contributed by atoms with Gasteiger partial charge in [0.15, 0.2) is 6.61 Å². The quantitative estimate of drug-likeness (QED) is 0.906. The van der Waals surface area contributed by atoms with Gasteiger partial charge in [0.2, 0.25) is 0 Å².